The summed E-state index contributed by atoms with van der Waals surface area (Å²) in [4.78, 5) is 11.8. The summed E-state index contributed by atoms with van der Waals surface area (Å²) >= 11 is 7.38. The molecule has 0 saturated heterocycles. The second-order valence-corrected chi connectivity index (χ2v) is 6.38. The predicted molar refractivity (Wildman–Crippen MR) is 94.0 cm³/mol. The Hall–Kier alpha value is -1.72. The molecule has 1 amide bonds. The molecule has 122 valence electrons. The van der Waals surface area contributed by atoms with Gasteiger partial charge in [0.2, 0.25) is 5.91 Å². The number of hydrogen-bond acceptors (Lipinski definition) is 3. The lowest BCUT2D eigenvalue weighted by atomic mass is 10.2. The van der Waals surface area contributed by atoms with Gasteiger partial charge in [-0.15, -0.1) is 11.8 Å². The van der Waals surface area contributed by atoms with E-state index in [0.29, 0.717) is 23.1 Å². The number of rotatable bonds is 7. The minimum absolute atomic E-state index is 0.202. The van der Waals surface area contributed by atoms with Gasteiger partial charge in [-0.3, -0.25) is 4.79 Å². The van der Waals surface area contributed by atoms with Crippen molar-refractivity contribution in [3.63, 3.8) is 0 Å². The highest BCUT2D eigenvalue weighted by Crippen LogP contribution is 2.23. The van der Waals surface area contributed by atoms with Crippen molar-refractivity contribution in [2.75, 3.05) is 23.4 Å². The number of carbonyl (C=O) groups excluding carboxylic acids is 1. The van der Waals surface area contributed by atoms with Crippen LogP contribution in [-0.2, 0) is 4.79 Å². The van der Waals surface area contributed by atoms with Crippen LogP contribution >= 0.6 is 23.4 Å². The molecule has 0 aliphatic rings. The molecule has 0 atom stereocenters. The molecule has 0 aliphatic carbocycles. The van der Waals surface area contributed by atoms with Gasteiger partial charge in [0, 0.05) is 5.75 Å². The summed E-state index contributed by atoms with van der Waals surface area (Å²) in [6, 6.07) is 11.9. The first-order valence-corrected chi connectivity index (χ1v) is 8.60. The van der Waals surface area contributed by atoms with E-state index in [1.807, 2.05) is 12.1 Å². The van der Waals surface area contributed by atoms with E-state index in [4.69, 9.17) is 16.3 Å². The predicted octanol–water partition coefficient (Wildman–Crippen LogP) is 4.54. The third-order valence-corrected chi connectivity index (χ3v) is 4.19. The van der Waals surface area contributed by atoms with Gasteiger partial charge in [-0.05, 0) is 36.8 Å². The van der Waals surface area contributed by atoms with Gasteiger partial charge >= 0.3 is 0 Å². The van der Waals surface area contributed by atoms with Crippen LogP contribution in [0, 0.1) is 12.7 Å². The zero-order chi connectivity index (χ0) is 16.7. The van der Waals surface area contributed by atoms with Crippen molar-refractivity contribution < 1.29 is 13.9 Å². The first kappa shape index (κ1) is 17.6. The lowest BCUT2D eigenvalue weighted by Crippen LogP contribution is -2.16. The fourth-order valence-electron chi connectivity index (χ4n) is 1.85. The summed E-state index contributed by atoms with van der Waals surface area (Å²) in [5, 5.41) is 3.12. The molecule has 0 spiro atoms. The number of para-hydroxylation sites is 1. The Kier molecular flexibility index (Phi) is 6.74. The lowest BCUT2D eigenvalue weighted by Gasteiger charge is -2.08. The largest absolute Gasteiger partial charge is 0.491 e. The fourth-order valence-corrected chi connectivity index (χ4v) is 2.64. The van der Waals surface area contributed by atoms with Gasteiger partial charge in [-0.1, -0.05) is 29.8 Å². The van der Waals surface area contributed by atoms with Crippen molar-refractivity contribution in [1.29, 1.82) is 0 Å². The Morgan fingerprint density at radius 2 is 2.09 bits per heavy atom. The molecule has 2 rings (SSSR count). The van der Waals surface area contributed by atoms with Crippen LogP contribution in [0.5, 0.6) is 5.75 Å². The molecule has 0 bridgehead atoms. The molecule has 0 fully saturated rings. The van der Waals surface area contributed by atoms with Crippen molar-refractivity contribution in [3.8, 4) is 5.75 Å². The van der Waals surface area contributed by atoms with Crippen molar-refractivity contribution >= 4 is 35.0 Å². The number of nitrogens with one attached hydrogen (secondary N) is 1. The monoisotopic (exact) mass is 353 g/mol. The molecule has 23 heavy (non-hydrogen) atoms. The van der Waals surface area contributed by atoms with E-state index in [9.17, 15) is 9.18 Å². The number of anilines is 1. The highest BCUT2D eigenvalue weighted by atomic mass is 35.5. The summed E-state index contributed by atoms with van der Waals surface area (Å²) < 4.78 is 19.1. The minimum Gasteiger partial charge on any atom is -0.491 e. The minimum atomic E-state index is -0.426. The van der Waals surface area contributed by atoms with Gasteiger partial charge in [0.15, 0.2) is 0 Å². The second-order valence-electron chi connectivity index (χ2n) is 4.86. The smallest absolute Gasteiger partial charge is 0.234 e. The van der Waals surface area contributed by atoms with E-state index in [-0.39, 0.29) is 17.3 Å². The number of thioether (sulfide) groups is 1. The average Bonchev–Trinajstić information content (AvgIpc) is 2.51. The van der Waals surface area contributed by atoms with Crippen molar-refractivity contribution in [2.45, 2.75) is 6.92 Å². The highest BCUT2D eigenvalue weighted by molar-refractivity contribution is 7.99. The van der Waals surface area contributed by atoms with Crippen LogP contribution in [0.4, 0.5) is 10.1 Å². The maximum Gasteiger partial charge on any atom is 0.234 e. The second kappa shape index (κ2) is 8.79. The Morgan fingerprint density at radius 1 is 1.30 bits per heavy atom. The molecule has 3 nitrogen and oxygen atoms in total. The Labute approximate surface area is 144 Å². The summed E-state index contributed by atoms with van der Waals surface area (Å²) in [6.07, 6.45) is 0. The van der Waals surface area contributed by atoms with E-state index in [2.05, 4.69) is 5.32 Å². The maximum atomic E-state index is 13.6. The number of aryl methyl sites for hydroxylation is 1. The molecule has 0 heterocycles. The molecular weight excluding hydrogens is 337 g/mol. The zero-order valence-corrected chi connectivity index (χ0v) is 14.2. The van der Waals surface area contributed by atoms with E-state index >= 15 is 0 Å². The lowest BCUT2D eigenvalue weighted by molar-refractivity contribution is -0.113. The van der Waals surface area contributed by atoms with Crippen LogP contribution in [0.2, 0.25) is 5.02 Å². The van der Waals surface area contributed by atoms with E-state index in [0.717, 1.165) is 5.56 Å². The van der Waals surface area contributed by atoms with E-state index < -0.39 is 5.82 Å². The number of amides is 1. The fraction of sp³-hybridized carbons (Fsp3) is 0.235. The van der Waals surface area contributed by atoms with Crippen molar-refractivity contribution in [1.82, 2.24) is 0 Å². The van der Waals surface area contributed by atoms with Gasteiger partial charge in [-0.25, -0.2) is 4.39 Å². The molecule has 0 aliphatic heterocycles. The maximum absolute atomic E-state index is 13.6. The molecular formula is C17H17ClFNO2S. The van der Waals surface area contributed by atoms with Crippen molar-refractivity contribution in [2.24, 2.45) is 0 Å². The number of carbonyl (C=O) groups is 1. The number of hydrogen-bond donors (Lipinski definition) is 1. The summed E-state index contributed by atoms with van der Waals surface area (Å²) in [5.41, 5.74) is 1.01. The van der Waals surface area contributed by atoms with Gasteiger partial charge in [0.05, 0.1) is 23.1 Å². The number of halogens is 2. The van der Waals surface area contributed by atoms with Crippen LogP contribution in [0.15, 0.2) is 42.5 Å². The van der Waals surface area contributed by atoms with Crippen molar-refractivity contribution in [3.05, 3.63) is 58.9 Å². The first-order valence-electron chi connectivity index (χ1n) is 7.07. The normalized spacial score (nSPS) is 10.4. The Morgan fingerprint density at radius 3 is 2.83 bits per heavy atom. The van der Waals surface area contributed by atoms with Gasteiger partial charge in [-0.2, -0.15) is 0 Å². The molecule has 0 aromatic heterocycles. The van der Waals surface area contributed by atoms with Gasteiger partial charge < -0.3 is 10.1 Å². The third-order valence-electron chi connectivity index (χ3n) is 2.95. The molecule has 0 saturated carbocycles. The van der Waals surface area contributed by atoms with Crippen LogP contribution in [0.1, 0.15) is 5.56 Å². The molecule has 2 aromatic rings. The van der Waals surface area contributed by atoms with Crippen LogP contribution in [0.25, 0.3) is 0 Å². The summed E-state index contributed by atoms with van der Waals surface area (Å²) in [7, 11) is 0. The highest BCUT2D eigenvalue weighted by Gasteiger charge is 2.07. The quantitative estimate of drug-likeness (QED) is 0.743. The Balaban J connectivity index is 1.68. The van der Waals surface area contributed by atoms with Crippen LogP contribution in [-0.4, -0.2) is 24.0 Å². The molecule has 0 radical (unpaired) electrons. The molecule has 6 heteroatoms. The van der Waals surface area contributed by atoms with Crippen LogP contribution < -0.4 is 10.1 Å². The summed E-state index contributed by atoms with van der Waals surface area (Å²) in [5.74, 6) is 0.829. The first-order chi connectivity index (χ1) is 11.1. The number of benzene rings is 2. The average molecular weight is 354 g/mol. The summed E-state index contributed by atoms with van der Waals surface area (Å²) in [6.45, 7) is 2.24. The molecule has 0 unspecified atom stereocenters. The van der Waals surface area contributed by atoms with Gasteiger partial charge in [0.25, 0.3) is 0 Å². The molecule has 2 aromatic carbocycles. The van der Waals surface area contributed by atoms with E-state index in [1.54, 1.807) is 31.2 Å². The Bertz CT molecular complexity index is 681. The third kappa shape index (κ3) is 5.77. The SMILES string of the molecule is Cc1ccc(NC(=O)CSCCOc2ccccc2Cl)c(F)c1. The zero-order valence-electron chi connectivity index (χ0n) is 12.6. The van der Waals surface area contributed by atoms with Gasteiger partial charge in [0.1, 0.15) is 11.6 Å². The standard InChI is InChI=1S/C17H17ClFNO2S/c1-12-6-7-15(14(19)10-12)20-17(21)11-23-9-8-22-16-5-3-2-4-13(16)18/h2-7,10H,8-9,11H2,1H3,(H,20,21). The van der Waals surface area contributed by atoms with Crippen LogP contribution in [0.3, 0.4) is 0 Å². The van der Waals surface area contributed by atoms with E-state index in [1.165, 1.54) is 17.8 Å². The topological polar surface area (TPSA) is 38.3 Å². The molecule has 1 N–H and O–H groups in total. The number of ether oxygens (including phenoxy) is 1.